The Hall–Kier alpha value is -3.35. The van der Waals surface area contributed by atoms with Crippen molar-refractivity contribution in [2.24, 2.45) is 5.92 Å². The summed E-state index contributed by atoms with van der Waals surface area (Å²) >= 11 is 0. The van der Waals surface area contributed by atoms with Gasteiger partial charge in [-0.1, -0.05) is 19.1 Å². The maximum atomic E-state index is 13.7. The number of hydrogen-bond acceptors (Lipinski definition) is 4. The first-order valence-corrected chi connectivity index (χ1v) is 12.1. The van der Waals surface area contributed by atoms with Crippen LogP contribution >= 0.6 is 0 Å². The standard InChI is InChI=1S/C26H30N6O/c1-17-10-13-30(15-17)25-18(2)16-32-23(28-25)14-21(29-32)22-8-3-4-12-31(22)26(33)20-7-5-6-19-9-11-27-24(19)20/h5-7,9,11,14,16-17,22,27H,3-4,8,10,12-13,15H2,1-2H3. The second-order valence-electron chi connectivity index (χ2n) is 9.72. The van der Waals surface area contributed by atoms with Crippen LogP contribution in [-0.4, -0.2) is 50.0 Å². The fraction of sp³-hybridized carbons (Fsp3) is 0.423. The molecule has 0 saturated carbocycles. The van der Waals surface area contributed by atoms with E-state index < -0.39 is 0 Å². The van der Waals surface area contributed by atoms with Crippen molar-refractivity contribution in [3.8, 4) is 0 Å². The van der Waals surface area contributed by atoms with Gasteiger partial charge >= 0.3 is 0 Å². The van der Waals surface area contributed by atoms with Gasteiger partial charge in [-0.05, 0) is 50.7 Å². The monoisotopic (exact) mass is 442 g/mol. The quantitative estimate of drug-likeness (QED) is 0.498. The van der Waals surface area contributed by atoms with Crippen LogP contribution in [0.1, 0.15) is 60.3 Å². The topological polar surface area (TPSA) is 69.5 Å². The van der Waals surface area contributed by atoms with Gasteiger partial charge in [0, 0.05) is 49.0 Å². The van der Waals surface area contributed by atoms with Crippen LogP contribution in [0.4, 0.5) is 5.82 Å². The van der Waals surface area contributed by atoms with Crippen molar-refractivity contribution >= 4 is 28.3 Å². The number of nitrogens with zero attached hydrogens (tertiary/aromatic N) is 5. The van der Waals surface area contributed by atoms with Crippen molar-refractivity contribution in [1.29, 1.82) is 0 Å². The first-order valence-electron chi connectivity index (χ1n) is 12.1. The lowest BCUT2D eigenvalue weighted by molar-refractivity contribution is 0.0607. The summed E-state index contributed by atoms with van der Waals surface area (Å²) in [6, 6.07) is 9.97. The van der Waals surface area contributed by atoms with E-state index in [2.05, 4.69) is 36.0 Å². The lowest BCUT2D eigenvalue weighted by atomic mass is 9.98. The summed E-state index contributed by atoms with van der Waals surface area (Å²) in [5, 5.41) is 5.95. The van der Waals surface area contributed by atoms with Crippen LogP contribution in [0.2, 0.25) is 0 Å². The number of fused-ring (bicyclic) bond motifs is 2. The second-order valence-corrected chi connectivity index (χ2v) is 9.72. The summed E-state index contributed by atoms with van der Waals surface area (Å²) in [6.07, 6.45) is 8.22. The summed E-state index contributed by atoms with van der Waals surface area (Å²) in [5.74, 6) is 1.84. The zero-order valence-electron chi connectivity index (χ0n) is 19.3. The van der Waals surface area contributed by atoms with E-state index in [-0.39, 0.29) is 11.9 Å². The third kappa shape index (κ3) is 3.46. The van der Waals surface area contributed by atoms with Crippen LogP contribution in [0, 0.1) is 12.8 Å². The number of carbonyl (C=O) groups is 1. The third-order valence-electron chi connectivity index (χ3n) is 7.27. The largest absolute Gasteiger partial charge is 0.361 e. The summed E-state index contributed by atoms with van der Waals surface area (Å²) < 4.78 is 1.89. The maximum Gasteiger partial charge on any atom is 0.256 e. The lowest BCUT2D eigenvalue weighted by Gasteiger charge is -2.35. The molecule has 1 aromatic carbocycles. The Bertz CT molecular complexity index is 1340. The van der Waals surface area contributed by atoms with E-state index in [1.165, 1.54) is 6.42 Å². The molecule has 7 heteroatoms. The molecular weight excluding hydrogens is 412 g/mol. The number of nitrogens with one attached hydrogen (secondary N) is 1. The molecule has 0 bridgehead atoms. The van der Waals surface area contributed by atoms with Gasteiger partial charge in [0.2, 0.25) is 0 Å². The fourth-order valence-electron chi connectivity index (χ4n) is 5.53. The number of aromatic amines is 1. The average Bonchev–Trinajstić information content (AvgIpc) is 3.57. The van der Waals surface area contributed by atoms with E-state index >= 15 is 0 Å². The molecule has 2 aliphatic heterocycles. The number of hydrogen-bond donors (Lipinski definition) is 1. The van der Waals surface area contributed by atoms with Crippen molar-refractivity contribution in [3.63, 3.8) is 0 Å². The predicted octanol–water partition coefficient (Wildman–Crippen LogP) is 4.73. The van der Waals surface area contributed by atoms with Crippen LogP contribution in [0.5, 0.6) is 0 Å². The molecule has 0 spiro atoms. The maximum absolute atomic E-state index is 13.7. The Balaban J connectivity index is 1.35. The number of piperidine rings is 1. The zero-order valence-corrected chi connectivity index (χ0v) is 19.3. The van der Waals surface area contributed by atoms with E-state index in [1.54, 1.807) is 0 Å². The second kappa shape index (κ2) is 7.90. The van der Waals surface area contributed by atoms with Crippen LogP contribution in [0.3, 0.4) is 0 Å². The number of aryl methyl sites for hydroxylation is 1. The first kappa shape index (κ1) is 20.3. The summed E-state index contributed by atoms with van der Waals surface area (Å²) in [5.41, 5.74) is 4.56. The highest BCUT2D eigenvalue weighted by atomic mass is 16.2. The number of H-pyrrole nitrogens is 1. The Morgan fingerprint density at radius 1 is 1.15 bits per heavy atom. The highest BCUT2D eigenvalue weighted by Gasteiger charge is 2.32. The molecule has 1 amide bonds. The molecule has 7 nitrogen and oxygen atoms in total. The van der Waals surface area contributed by atoms with Crippen molar-refractivity contribution < 1.29 is 4.79 Å². The van der Waals surface area contributed by atoms with E-state index in [4.69, 9.17) is 10.1 Å². The molecule has 33 heavy (non-hydrogen) atoms. The van der Waals surface area contributed by atoms with E-state index in [1.807, 2.05) is 39.9 Å². The summed E-state index contributed by atoms with van der Waals surface area (Å²) in [4.78, 5) is 26.3. The SMILES string of the molecule is Cc1cn2nc(C3CCCCN3C(=O)c3cccc4cc[nH]c34)cc2nc1N1CCC(C)C1. The molecule has 1 N–H and O–H groups in total. The van der Waals surface area contributed by atoms with Crippen molar-refractivity contribution in [3.05, 3.63) is 59.5 Å². The van der Waals surface area contributed by atoms with Crippen molar-refractivity contribution in [1.82, 2.24) is 24.5 Å². The normalized spacial score (nSPS) is 21.4. The summed E-state index contributed by atoms with van der Waals surface area (Å²) in [6.45, 7) is 7.27. The molecule has 2 saturated heterocycles. The lowest BCUT2D eigenvalue weighted by Crippen LogP contribution is -2.38. The number of rotatable bonds is 3. The van der Waals surface area contributed by atoms with Gasteiger partial charge in [0.1, 0.15) is 5.82 Å². The van der Waals surface area contributed by atoms with Crippen molar-refractivity contribution in [2.75, 3.05) is 24.5 Å². The molecule has 5 heterocycles. The van der Waals surface area contributed by atoms with Crippen LogP contribution in [0.25, 0.3) is 16.6 Å². The Labute approximate surface area is 193 Å². The number of aromatic nitrogens is 4. The van der Waals surface area contributed by atoms with E-state index in [9.17, 15) is 4.79 Å². The van der Waals surface area contributed by atoms with Gasteiger partial charge in [-0.15, -0.1) is 0 Å². The van der Waals surface area contributed by atoms with E-state index in [0.29, 0.717) is 5.92 Å². The Morgan fingerprint density at radius 2 is 2.06 bits per heavy atom. The molecule has 2 atom stereocenters. The number of benzene rings is 1. The number of likely N-dealkylation sites (tertiary alicyclic amines) is 1. The predicted molar refractivity (Wildman–Crippen MR) is 130 cm³/mol. The zero-order chi connectivity index (χ0) is 22.5. The molecule has 4 aromatic rings. The van der Waals surface area contributed by atoms with E-state index in [0.717, 1.165) is 78.1 Å². The molecule has 0 radical (unpaired) electrons. The fourth-order valence-corrected chi connectivity index (χ4v) is 5.53. The number of para-hydroxylation sites is 1. The Morgan fingerprint density at radius 3 is 2.91 bits per heavy atom. The number of carbonyl (C=O) groups excluding carboxylic acids is 1. The minimum absolute atomic E-state index is 0.0336. The van der Waals surface area contributed by atoms with Gasteiger partial charge in [-0.3, -0.25) is 4.79 Å². The van der Waals surface area contributed by atoms with Gasteiger partial charge in [-0.2, -0.15) is 5.10 Å². The average molecular weight is 443 g/mol. The minimum atomic E-state index is -0.0336. The van der Waals surface area contributed by atoms with Gasteiger partial charge in [0.05, 0.1) is 22.8 Å². The molecule has 2 fully saturated rings. The van der Waals surface area contributed by atoms with Crippen LogP contribution < -0.4 is 4.90 Å². The van der Waals surface area contributed by atoms with Gasteiger partial charge in [0.25, 0.3) is 5.91 Å². The van der Waals surface area contributed by atoms with Gasteiger partial charge < -0.3 is 14.8 Å². The molecule has 2 aliphatic rings. The third-order valence-corrected chi connectivity index (χ3v) is 7.27. The Kier molecular flexibility index (Phi) is 4.85. The highest BCUT2D eigenvalue weighted by Crippen LogP contribution is 2.34. The summed E-state index contributed by atoms with van der Waals surface area (Å²) in [7, 11) is 0. The smallest absolute Gasteiger partial charge is 0.256 e. The molecule has 0 aliphatic carbocycles. The molecule has 2 unspecified atom stereocenters. The molecule has 170 valence electrons. The minimum Gasteiger partial charge on any atom is -0.361 e. The van der Waals surface area contributed by atoms with Crippen LogP contribution in [-0.2, 0) is 0 Å². The number of amides is 1. The molecular formula is C26H30N6O. The van der Waals surface area contributed by atoms with Crippen LogP contribution in [0.15, 0.2) is 42.7 Å². The first-order chi connectivity index (χ1) is 16.1. The van der Waals surface area contributed by atoms with Gasteiger partial charge in [-0.25, -0.2) is 9.50 Å². The van der Waals surface area contributed by atoms with Crippen molar-refractivity contribution in [2.45, 2.75) is 45.6 Å². The number of anilines is 1. The molecule has 3 aromatic heterocycles. The van der Waals surface area contributed by atoms with Gasteiger partial charge in [0.15, 0.2) is 5.65 Å². The molecule has 6 rings (SSSR count). The highest BCUT2D eigenvalue weighted by molar-refractivity contribution is 6.05.